The van der Waals surface area contributed by atoms with Crippen molar-refractivity contribution < 1.29 is 5.11 Å². The van der Waals surface area contributed by atoms with E-state index in [4.69, 9.17) is 5.73 Å². The molecule has 0 aromatic heterocycles. The highest BCUT2D eigenvalue weighted by Gasteiger charge is 2.32. The van der Waals surface area contributed by atoms with E-state index in [1.165, 1.54) is 0 Å². The predicted octanol–water partition coefficient (Wildman–Crippen LogP) is 1.76. The second-order valence-electron chi connectivity index (χ2n) is 5.45. The summed E-state index contributed by atoms with van der Waals surface area (Å²) in [5.41, 5.74) is 7.42. The molecule has 1 aliphatic carbocycles. The van der Waals surface area contributed by atoms with Crippen molar-refractivity contribution in [1.29, 1.82) is 5.26 Å². The molecule has 0 spiro atoms. The van der Waals surface area contributed by atoms with Gasteiger partial charge in [0.2, 0.25) is 0 Å². The van der Waals surface area contributed by atoms with Crippen molar-refractivity contribution in [2.75, 3.05) is 18.5 Å². The molecule has 0 atom stereocenters. The van der Waals surface area contributed by atoms with E-state index in [1.807, 2.05) is 30.1 Å². The zero-order valence-corrected chi connectivity index (χ0v) is 11.4. The zero-order valence-electron chi connectivity index (χ0n) is 11.4. The largest absolute Gasteiger partial charge is 0.388 e. The molecular weight excluding hydrogens is 238 g/mol. The van der Waals surface area contributed by atoms with Crippen LogP contribution in [-0.2, 0) is 6.54 Å². The van der Waals surface area contributed by atoms with Gasteiger partial charge in [0.05, 0.1) is 16.9 Å². The van der Waals surface area contributed by atoms with E-state index in [1.54, 1.807) is 0 Å². The molecule has 4 nitrogen and oxygen atoms in total. The summed E-state index contributed by atoms with van der Waals surface area (Å²) in [6.45, 7) is 1.01. The van der Waals surface area contributed by atoms with Gasteiger partial charge in [-0.05, 0) is 30.5 Å². The Kier molecular flexibility index (Phi) is 4.08. The average molecular weight is 259 g/mol. The molecule has 0 saturated heterocycles. The Morgan fingerprint density at radius 2 is 2.11 bits per heavy atom. The van der Waals surface area contributed by atoms with Crippen LogP contribution < -0.4 is 10.6 Å². The Hall–Kier alpha value is -1.57. The molecule has 19 heavy (non-hydrogen) atoms. The normalized spacial score (nSPS) is 17.2. The minimum atomic E-state index is -0.603. The van der Waals surface area contributed by atoms with Crippen LogP contribution in [0.5, 0.6) is 0 Å². The predicted molar refractivity (Wildman–Crippen MR) is 75.7 cm³/mol. The third kappa shape index (κ3) is 3.06. The van der Waals surface area contributed by atoms with E-state index in [0.717, 1.165) is 36.9 Å². The first-order chi connectivity index (χ1) is 9.08. The molecule has 3 N–H and O–H groups in total. The van der Waals surface area contributed by atoms with Gasteiger partial charge in [0.25, 0.3) is 0 Å². The second-order valence-corrected chi connectivity index (χ2v) is 5.45. The highest BCUT2D eigenvalue weighted by molar-refractivity contribution is 5.60. The van der Waals surface area contributed by atoms with Gasteiger partial charge in [0.1, 0.15) is 6.07 Å². The number of hydrogen-bond acceptors (Lipinski definition) is 4. The van der Waals surface area contributed by atoms with Gasteiger partial charge in [-0.25, -0.2) is 0 Å². The monoisotopic (exact) mass is 259 g/mol. The molecule has 0 radical (unpaired) electrons. The lowest BCUT2D eigenvalue weighted by Crippen LogP contribution is -2.39. The van der Waals surface area contributed by atoms with E-state index in [-0.39, 0.29) is 0 Å². The Bertz CT molecular complexity index is 487. The van der Waals surface area contributed by atoms with E-state index in [0.29, 0.717) is 18.7 Å². The van der Waals surface area contributed by atoms with E-state index in [9.17, 15) is 10.4 Å². The van der Waals surface area contributed by atoms with Crippen molar-refractivity contribution in [3.8, 4) is 6.07 Å². The Morgan fingerprint density at radius 3 is 2.68 bits per heavy atom. The molecule has 0 bridgehead atoms. The second kappa shape index (κ2) is 5.60. The van der Waals surface area contributed by atoms with Crippen LogP contribution in [0, 0.1) is 11.3 Å². The summed E-state index contributed by atoms with van der Waals surface area (Å²) in [5.74, 6) is 0. The average Bonchev–Trinajstić information content (AvgIpc) is 2.84. The lowest BCUT2D eigenvalue weighted by molar-refractivity contribution is 0.0559. The summed E-state index contributed by atoms with van der Waals surface area (Å²) in [7, 11) is 1.93. The van der Waals surface area contributed by atoms with E-state index >= 15 is 0 Å². The van der Waals surface area contributed by atoms with Gasteiger partial charge in [-0.1, -0.05) is 18.9 Å². The lowest BCUT2D eigenvalue weighted by Gasteiger charge is -2.30. The maximum atomic E-state index is 10.4. The summed E-state index contributed by atoms with van der Waals surface area (Å²) in [6.07, 6.45) is 3.86. The molecule has 102 valence electrons. The molecule has 1 aromatic carbocycles. The van der Waals surface area contributed by atoms with E-state index < -0.39 is 5.60 Å². The van der Waals surface area contributed by atoms with Crippen LogP contribution in [-0.4, -0.2) is 24.3 Å². The maximum Gasteiger partial charge on any atom is 0.101 e. The number of rotatable bonds is 4. The fourth-order valence-electron chi connectivity index (χ4n) is 2.85. The molecule has 2 rings (SSSR count). The van der Waals surface area contributed by atoms with Gasteiger partial charge in [-0.3, -0.25) is 0 Å². The topological polar surface area (TPSA) is 73.3 Å². The molecule has 0 unspecified atom stereocenters. The quantitative estimate of drug-likeness (QED) is 0.864. The van der Waals surface area contributed by atoms with Crippen molar-refractivity contribution >= 4 is 5.69 Å². The third-order valence-corrected chi connectivity index (χ3v) is 3.89. The third-order valence-electron chi connectivity index (χ3n) is 3.89. The van der Waals surface area contributed by atoms with Crippen LogP contribution in [0.25, 0.3) is 0 Å². The van der Waals surface area contributed by atoms with Gasteiger partial charge in [-0.15, -0.1) is 0 Å². The highest BCUT2D eigenvalue weighted by Crippen LogP contribution is 2.32. The fourth-order valence-corrected chi connectivity index (χ4v) is 2.85. The number of anilines is 1. The summed E-state index contributed by atoms with van der Waals surface area (Å²) >= 11 is 0. The van der Waals surface area contributed by atoms with Crippen LogP contribution in [0.3, 0.4) is 0 Å². The maximum absolute atomic E-state index is 10.4. The lowest BCUT2D eigenvalue weighted by atomic mass is 10.0. The van der Waals surface area contributed by atoms with Crippen molar-refractivity contribution in [2.24, 2.45) is 5.73 Å². The van der Waals surface area contributed by atoms with Gasteiger partial charge in [-0.2, -0.15) is 5.26 Å². The smallest absolute Gasteiger partial charge is 0.101 e. The number of likely N-dealkylation sites (N-methyl/N-ethyl adjacent to an activating group) is 1. The van der Waals surface area contributed by atoms with Gasteiger partial charge in [0, 0.05) is 20.1 Å². The molecule has 1 saturated carbocycles. The van der Waals surface area contributed by atoms with Crippen LogP contribution in [0.1, 0.15) is 36.8 Å². The first-order valence-corrected chi connectivity index (χ1v) is 6.74. The molecule has 1 fully saturated rings. The number of nitriles is 1. The van der Waals surface area contributed by atoms with Crippen molar-refractivity contribution in [2.45, 2.75) is 37.8 Å². The fraction of sp³-hybridized carbons (Fsp3) is 0.533. The van der Waals surface area contributed by atoms with Crippen molar-refractivity contribution in [3.63, 3.8) is 0 Å². The number of benzene rings is 1. The van der Waals surface area contributed by atoms with Crippen LogP contribution in [0.15, 0.2) is 18.2 Å². The van der Waals surface area contributed by atoms with Crippen LogP contribution >= 0.6 is 0 Å². The first-order valence-electron chi connectivity index (χ1n) is 6.74. The van der Waals surface area contributed by atoms with Gasteiger partial charge < -0.3 is 15.7 Å². The minimum Gasteiger partial charge on any atom is -0.388 e. The van der Waals surface area contributed by atoms with Crippen molar-refractivity contribution in [1.82, 2.24) is 0 Å². The standard InChI is InChI=1S/C15H21N3O/c1-18(11-15(19)6-2-3-7-15)14-5-4-12(9-16)8-13(14)10-17/h4-5,8,19H,2-3,6-7,9,11,16H2,1H3. The summed E-state index contributed by atoms with van der Waals surface area (Å²) in [4.78, 5) is 1.98. The summed E-state index contributed by atoms with van der Waals surface area (Å²) < 4.78 is 0. The van der Waals surface area contributed by atoms with Crippen molar-refractivity contribution in [3.05, 3.63) is 29.3 Å². The van der Waals surface area contributed by atoms with Gasteiger partial charge in [0.15, 0.2) is 0 Å². The molecule has 0 amide bonds. The van der Waals surface area contributed by atoms with Gasteiger partial charge >= 0.3 is 0 Å². The zero-order chi connectivity index (χ0) is 13.9. The number of hydrogen-bond donors (Lipinski definition) is 2. The molecule has 0 heterocycles. The minimum absolute atomic E-state index is 0.433. The molecule has 0 aliphatic heterocycles. The summed E-state index contributed by atoms with van der Waals surface area (Å²) in [5, 5.41) is 19.7. The Balaban J connectivity index is 2.19. The SMILES string of the molecule is CN(CC1(O)CCCC1)c1ccc(CN)cc1C#N. The Morgan fingerprint density at radius 1 is 1.42 bits per heavy atom. The molecule has 1 aliphatic rings. The molecular formula is C15H21N3O. The van der Waals surface area contributed by atoms with Crippen LogP contribution in [0.4, 0.5) is 5.69 Å². The highest BCUT2D eigenvalue weighted by atomic mass is 16.3. The first kappa shape index (κ1) is 13.9. The number of aliphatic hydroxyl groups is 1. The number of nitrogens with two attached hydrogens (primary N) is 1. The molecule has 4 heteroatoms. The summed E-state index contributed by atoms with van der Waals surface area (Å²) in [6, 6.07) is 7.89. The van der Waals surface area contributed by atoms with E-state index in [2.05, 4.69) is 6.07 Å². The molecule has 1 aromatic rings. The number of nitrogens with zero attached hydrogens (tertiary/aromatic N) is 2. The van der Waals surface area contributed by atoms with Crippen LogP contribution in [0.2, 0.25) is 0 Å². The Labute approximate surface area is 114 Å².